The molecule has 5 nitrogen and oxygen atoms in total. The average Bonchev–Trinajstić information content (AvgIpc) is 2.72. The molecule has 4 unspecified atom stereocenters. The third-order valence-corrected chi connectivity index (χ3v) is 5.23. The van der Waals surface area contributed by atoms with Crippen molar-refractivity contribution < 1.29 is 4.79 Å². The molecule has 1 aromatic rings. The van der Waals surface area contributed by atoms with Gasteiger partial charge in [0.25, 0.3) is 0 Å². The van der Waals surface area contributed by atoms with E-state index in [0.29, 0.717) is 11.3 Å². The first kappa shape index (κ1) is 13.4. The first-order valence-electron chi connectivity index (χ1n) is 6.61. The number of fused-ring (bicyclic) bond motifs is 1. The summed E-state index contributed by atoms with van der Waals surface area (Å²) in [5.74, 6) is 0.801. The summed E-state index contributed by atoms with van der Waals surface area (Å²) in [5.41, 5.74) is 8.18. The van der Waals surface area contributed by atoms with Crippen molar-refractivity contribution in [3.05, 3.63) is 35.4 Å². The third kappa shape index (κ3) is 2.40. The maximum absolute atomic E-state index is 11.8. The Labute approximate surface area is 122 Å². The van der Waals surface area contributed by atoms with E-state index in [-0.39, 0.29) is 29.3 Å². The summed E-state index contributed by atoms with van der Waals surface area (Å²) < 4.78 is 0. The van der Waals surface area contributed by atoms with Crippen LogP contribution in [0.2, 0.25) is 0 Å². The lowest BCUT2D eigenvalue weighted by molar-refractivity contribution is -0.119. The molecule has 0 radical (unpaired) electrons. The zero-order valence-electron chi connectivity index (χ0n) is 11.1. The molecule has 4 atom stereocenters. The fourth-order valence-electron chi connectivity index (χ4n) is 2.83. The van der Waals surface area contributed by atoms with Gasteiger partial charge in [0.2, 0.25) is 5.91 Å². The fraction of sp³-hybridized carbons (Fsp3) is 0.429. The summed E-state index contributed by atoms with van der Waals surface area (Å²) in [6.45, 7) is 2.12. The van der Waals surface area contributed by atoms with Gasteiger partial charge in [-0.3, -0.25) is 10.2 Å². The van der Waals surface area contributed by atoms with Crippen LogP contribution in [0.15, 0.2) is 24.3 Å². The van der Waals surface area contributed by atoms with Crippen LogP contribution in [0, 0.1) is 17.2 Å². The monoisotopic (exact) mass is 288 g/mol. The number of nitrogens with one attached hydrogen (secondary N) is 3. The van der Waals surface area contributed by atoms with Gasteiger partial charge in [-0.15, -0.1) is 11.8 Å². The van der Waals surface area contributed by atoms with E-state index in [1.54, 1.807) is 11.8 Å². The number of carbonyl (C=O) groups is 1. The van der Waals surface area contributed by atoms with Crippen LogP contribution >= 0.6 is 11.8 Å². The highest BCUT2D eigenvalue weighted by Gasteiger charge is 2.42. The molecule has 104 valence electrons. The SMILES string of the molecule is CC1NNC2NC(=O)CSC(c3ccc(C#N)cc3)C12. The van der Waals surface area contributed by atoms with Gasteiger partial charge < -0.3 is 5.32 Å². The minimum absolute atomic E-state index is 0.0480. The van der Waals surface area contributed by atoms with E-state index in [4.69, 9.17) is 5.26 Å². The van der Waals surface area contributed by atoms with Crippen LogP contribution in [0.1, 0.15) is 23.3 Å². The molecule has 6 heteroatoms. The molecular formula is C14H16N4OS. The number of hydrogen-bond donors (Lipinski definition) is 3. The molecule has 0 saturated carbocycles. The second kappa shape index (κ2) is 5.44. The molecule has 3 N–H and O–H groups in total. The predicted molar refractivity (Wildman–Crippen MR) is 77.5 cm³/mol. The molecule has 0 bridgehead atoms. The Morgan fingerprint density at radius 1 is 1.30 bits per heavy atom. The number of carbonyl (C=O) groups excluding carboxylic acids is 1. The Kier molecular flexibility index (Phi) is 3.66. The summed E-state index contributed by atoms with van der Waals surface area (Å²) in [7, 11) is 0. The molecule has 2 aliphatic heterocycles. The molecule has 2 aliphatic rings. The molecule has 0 aromatic heterocycles. The Balaban J connectivity index is 1.92. The van der Waals surface area contributed by atoms with Crippen molar-refractivity contribution in [2.75, 3.05) is 5.75 Å². The maximum Gasteiger partial charge on any atom is 0.231 e. The first-order valence-corrected chi connectivity index (χ1v) is 7.66. The number of rotatable bonds is 1. The Morgan fingerprint density at radius 3 is 2.75 bits per heavy atom. The van der Waals surface area contributed by atoms with E-state index in [1.165, 1.54) is 0 Å². The summed E-state index contributed by atoms with van der Waals surface area (Å²) in [6, 6.07) is 10.1. The van der Waals surface area contributed by atoms with Crippen molar-refractivity contribution in [1.29, 1.82) is 5.26 Å². The lowest BCUT2D eigenvalue weighted by Gasteiger charge is -2.27. The summed E-state index contributed by atoms with van der Waals surface area (Å²) in [6.07, 6.45) is -0.0480. The molecule has 0 spiro atoms. The van der Waals surface area contributed by atoms with E-state index in [9.17, 15) is 4.79 Å². The van der Waals surface area contributed by atoms with E-state index in [0.717, 1.165) is 5.56 Å². The maximum atomic E-state index is 11.8. The first-order chi connectivity index (χ1) is 9.69. The Bertz CT molecular complexity index is 553. The van der Waals surface area contributed by atoms with Crippen molar-refractivity contribution in [2.24, 2.45) is 5.92 Å². The van der Waals surface area contributed by atoms with Crippen LogP contribution in [0.3, 0.4) is 0 Å². The third-order valence-electron chi connectivity index (χ3n) is 3.86. The zero-order chi connectivity index (χ0) is 14.1. The van der Waals surface area contributed by atoms with Gasteiger partial charge >= 0.3 is 0 Å². The second-order valence-electron chi connectivity index (χ2n) is 5.17. The minimum Gasteiger partial charge on any atom is -0.338 e. The van der Waals surface area contributed by atoms with Crippen molar-refractivity contribution in [1.82, 2.24) is 16.2 Å². The molecule has 1 aromatic carbocycles. The minimum atomic E-state index is -0.0480. The van der Waals surface area contributed by atoms with Gasteiger partial charge in [0.15, 0.2) is 0 Å². The van der Waals surface area contributed by atoms with Gasteiger partial charge in [-0.1, -0.05) is 12.1 Å². The van der Waals surface area contributed by atoms with Crippen molar-refractivity contribution in [3.63, 3.8) is 0 Å². The number of benzene rings is 1. The molecule has 3 rings (SSSR count). The summed E-state index contributed by atoms with van der Waals surface area (Å²) in [4.78, 5) is 11.8. The van der Waals surface area contributed by atoms with Crippen molar-refractivity contribution in [2.45, 2.75) is 24.4 Å². The highest BCUT2D eigenvalue weighted by Crippen LogP contribution is 2.41. The van der Waals surface area contributed by atoms with E-state index >= 15 is 0 Å². The number of nitrogens with zero attached hydrogens (tertiary/aromatic N) is 1. The summed E-state index contributed by atoms with van der Waals surface area (Å²) >= 11 is 1.66. The highest BCUT2D eigenvalue weighted by molar-refractivity contribution is 8.00. The second-order valence-corrected chi connectivity index (χ2v) is 6.30. The molecule has 2 heterocycles. The number of hydrogen-bond acceptors (Lipinski definition) is 5. The lowest BCUT2D eigenvalue weighted by atomic mass is 9.91. The fourth-order valence-corrected chi connectivity index (χ4v) is 4.21. The standard InChI is InChI=1S/C14H16N4OS/c1-8-12-13(10-4-2-9(6-15)3-5-10)20-7-11(19)16-14(12)18-17-8/h2-5,8,12-14,17-18H,7H2,1H3,(H,16,19). The van der Waals surface area contributed by atoms with Gasteiger partial charge in [-0.2, -0.15) is 5.26 Å². The average molecular weight is 288 g/mol. The number of thioether (sulfide) groups is 1. The molecule has 2 fully saturated rings. The van der Waals surface area contributed by atoms with Gasteiger partial charge in [0.05, 0.1) is 23.6 Å². The van der Waals surface area contributed by atoms with Crippen molar-refractivity contribution in [3.8, 4) is 6.07 Å². The van der Waals surface area contributed by atoms with E-state index in [2.05, 4.69) is 29.2 Å². The van der Waals surface area contributed by atoms with Crippen molar-refractivity contribution >= 4 is 17.7 Å². The molecule has 2 saturated heterocycles. The molecule has 1 amide bonds. The lowest BCUT2D eigenvalue weighted by Crippen LogP contribution is -2.46. The zero-order valence-corrected chi connectivity index (χ0v) is 11.9. The van der Waals surface area contributed by atoms with E-state index in [1.807, 2.05) is 24.3 Å². The van der Waals surface area contributed by atoms with Gasteiger partial charge in [0, 0.05) is 17.2 Å². The van der Waals surface area contributed by atoms with Crippen LogP contribution in [0.5, 0.6) is 0 Å². The largest absolute Gasteiger partial charge is 0.338 e. The van der Waals surface area contributed by atoms with Gasteiger partial charge in [-0.25, -0.2) is 5.43 Å². The molecule has 0 aliphatic carbocycles. The number of nitriles is 1. The Morgan fingerprint density at radius 2 is 2.05 bits per heavy atom. The van der Waals surface area contributed by atoms with Crippen LogP contribution < -0.4 is 16.2 Å². The number of hydrazine groups is 1. The quantitative estimate of drug-likeness (QED) is 0.716. The summed E-state index contributed by atoms with van der Waals surface area (Å²) in [5, 5.41) is 12.1. The van der Waals surface area contributed by atoms with Crippen LogP contribution in [0.25, 0.3) is 0 Å². The number of amides is 1. The van der Waals surface area contributed by atoms with E-state index < -0.39 is 0 Å². The van der Waals surface area contributed by atoms with Crippen LogP contribution in [0.4, 0.5) is 0 Å². The van der Waals surface area contributed by atoms with Gasteiger partial charge in [0.1, 0.15) is 0 Å². The molecule has 20 heavy (non-hydrogen) atoms. The smallest absolute Gasteiger partial charge is 0.231 e. The van der Waals surface area contributed by atoms with Crippen LogP contribution in [-0.2, 0) is 4.79 Å². The van der Waals surface area contributed by atoms with Crippen LogP contribution in [-0.4, -0.2) is 23.9 Å². The normalized spacial score (nSPS) is 32.9. The van der Waals surface area contributed by atoms with Gasteiger partial charge in [-0.05, 0) is 24.6 Å². The topological polar surface area (TPSA) is 76.9 Å². The Hall–Kier alpha value is -1.55. The predicted octanol–water partition coefficient (Wildman–Crippen LogP) is 0.901. The molecular weight excluding hydrogens is 272 g/mol. The highest BCUT2D eigenvalue weighted by atomic mass is 32.2.